The number of halogens is 1. The number of nitrogens with two attached hydrogens (primary N) is 1. The third-order valence-electron chi connectivity index (χ3n) is 3.31. The van der Waals surface area contributed by atoms with Gasteiger partial charge in [0, 0.05) is 35.2 Å². The van der Waals surface area contributed by atoms with Crippen LogP contribution in [0, 0.1) is 0 Å². The van der Waals surface area contributed by atoms with E-state index in [2.05, 4.69) is 4.99 Å². The third-order valence-corrected chi connectivity index (χ3v) is 4.49. The number of rotatable bonds is 4. The Labute approximate surface area is 134 Å². The lowest BCUT2D eigenvalue weighted by atomic mass is 10.1. The van der Waals surface area contributed by atoms with Gasteiger partial charge >= 0.3 is 0 Å². The zero-order chi connectivity index (χ0) is 15.2. The van der Waals surface area contributed by atoms with Gasteiger partial charge < -0.3 is 20.5 Å². The van der Waals surface area contributed by atoms with Crippen molar-refractivity contribution < 1.29 is 9.84 Å². The molecule has 1 saturated heterocycles. The normalized spacial score (nSPS) is 17.7. The fourth-order valence-corrected chi connectivity index (χ4v) is 3.22. The van der Waals surface area contributed by atoms with Crippen LogP contribution in [0.2, 0.25) is 5.02 Å². The second-order valence-corrected chi connectivity index (χ2v) is 6.36. The summed E-state index contributed by atoms with van der Waals surface area (Å²) in [4.78, 5) is 6.33. The van der Waals surface area contributed by atoms with E-state index in [0.29, 0.717) is 22.3 Å². The van der Waals surface area contributed by atoms with E-state index in [-0.39, 0.29) is 6.54 Å². The van der Waals surface area contributed by atoms with E-state index in [1.807, 2.05) is 16.7 Å². The maximum absolute atomic E-state index is 10.3. The molecule has 0 amide bonds. The van der Waals surface area contributed by atoms with E-state index in [1.165, 1.54) is 0 Å². The van der Waals surface area contributed by atoms with Crippen LogP contribution < -0.4 is 10.5 Å². The molecule has 3 N–H and O–H groups in total. The van der Waals surface area contributed by atoms with Gasteiger partial charge in [-0.3, -0.25) is 4.99 Å². The Morgan fingerprint density at radius 3 is 2.90 bits per heavy atom. The van der Waals surface area contributed by atoms with Gasteiger partial charge in [0.2, 0.25) is 0 Å². The van der Waals surface area contributed by atoms with Crippen LogP contribution in [0.4, 0.5) is 0 Å². The average Bonchev–Trinajstić information content (AvgIpc) is 2.53. The number of hydrogen-bond acceptors (Lipinski definition) is 4. The number of ether oxygens (including phenoxy) is 1. The summed E-state index contributed by atoms with van der Waals surface area (Å²) in [6, 6.07) is 5.14. The van der Waals surface area contributed by atoms with Crippen molar-refractivity contribution in [3.8, 4) is 5.75 Å². The maximum atomic E-state index is 10.3. The minimum Gasteiger partial charge on any atom is -0.496 e. The van der Waals surface area contributed by atoms with Crippen molar-refractivity contribution >= 4 is 29.3 Å². The zero-order valence-electron chi connectivity index (χ0n) is 12.0. The van der Waals surface area contributed by atoms with Crippen LogP contribution in [0.3, 0.4) is 0 Å². The summed E-state index contributed by atoms with van der Waals surface area (Å²) in [6.45, 7) is 1.99. The van der Waals surface area contributed by atoms with Gasteiger partial charge in [0.25, 0.3) is 0 Å². The highest BCUT2D eigenvalue weighted by atomic mass is 35.5. The summed E-state index contributed by atoms with van der Waals surface area (Å²) in [5, 5.41) is 10.8. The molecule has 0 bridgehead atoms. The van der Waals surface area contributed by atoms with Crippen molar-refractivity contribution in [1.29, 1.82) is 0 Å². The van der Waals surface area contributed by atoms with Crippen LogP contribution in [0.15, 0.2) is 23.2 Å². The van der Waals surface area contributed by atoms with Crippen LogP contribution >= 0.6 is 23.4 Å². The molecule has 21 heavy (non-hydrogen) atoms. The van der Waals surface area contributed by atoms with E-state index < -0.39 is 6.10 Å². The highest BCUT2D eigenvalue weighted by Gasteiger charge is 2.16. The molecule has 0 spiro atoms. The largest absolute Gasteiger partial charge is 0.496 e. The second-order valence-electron chi connectivity index (χ2n) is 4.70. The molecule has 1 aliphatic rings. The number of hydrogen-bond donors (Lipinski definition) is 2. The van der Waals surface area contributed by atoms with Gasteiger partial charge in [-0.15, -0.1) is 0 Å². The summed E-state index contributed by atoms with van der Waals surface area (Å²) < 4.78 is 5.23. The van der Waals surface area contributed by atoms with Crippen molar-refractivity contribution in [1.82, 2.24) is 4.90 Å². The first-order valence-electron chi connectivity index (χ1n) is 6.76. The van der Waals surface area contributed by atoms with Gasteiger partial charge in [-0.2, -0.15) is 11.8 Å². The molecule has 1 aromatic rings. The summed E-state index contributed by atoms with van der Waals surface area (Å²) >= 11 is 7.88. The Bertz CT molecular complexity index is 507. The Kier molecular flexibility index (Phi) is 6.02. The summed E-state index contributed by atoms with van der Waals surface area (Å²) in [6.07, 6.45) is -0.795. The summed E-state index contributed by atoms with van der Waals surface area (Å²) in [5.74, 6) is 3.19. The lowest BCUT2D eigenvalue weighted by molar-refractivity contribution is 0.182. The zero-order valence-corrected chi connectivity index (χ0v) is 13.5. The molecule has 7 heteroatoms. The van der Waals surface area contributed by atoms with E-state index in [9.17, 15) is 5.11 Å². The van der Waals surface area contributed by atoms with Crippen molar-refractivity contribution in [3.63, 3.8) is 0 Å². The molecule has 1 unspecified atom stereocenters. The quantitative estimate of drug-likeness (QED) is 0.650. The monoisotopic (exact) mass is 329 g/mol. The van der Waals surface area contributed by atoms with Crippen LogP contribution in [0.1, 0.15) is 11.7 Å². The molecule has 116 valence electrons. The molecule has 0 aromatic heterocycles. The highest BCUT2D eigenvalue weighted by molar-refractivity contribution is 7.99. The van der Waals surface area contributed by atoms with Gasteiger partial charge in [-0.25, -0.2) is 0 Å². The molecule has 1 aromatic carbocycles. The Hall–Kier alpha value is -1.11. The first kappa shape index (κ1) is 16.3. The van der Waals surface area contributed by atoms with Crippen LogP contribution in [-0.2, 0) is 0 Å². The maximum Gasteiger partial charge on any atom is 0.191 e. The Morgan fingerprint density at radius 1 is 1.52 bits per heavy atom. The third kappa shape index (κ3) is 4.43. The molecule has 5 nitrogen and oxygen atoms in total. The van der Waals surface area contributed by atoms with Gasteiger partial charge in [0.1, 0.15) is 11.9 Å². The molecule has 1 heterocycles. The molecule has 1 atom stereocenters. The smallest absolute Gasteiger partial charge is 0.191 e. The van der Waals surface area contributed by atoms with E-state index in [1.54, 1.807) is 25.3 Å². The van der Waals surface area contributed by atoms with Crippen molar-refractivity contribution in [2.45, 2.75) is 6.10 Å². The molecule has 0 saturated carbocycles. The number of guanidine groups is 1. The Balaban J connectivity index is 2.03. The van der Waals surface area contributed by atoms with Crippen molar-refractivity contribution in [2.24, 2.45) is 10.7 Å². The van der Waals surface area contributed by atoms with Gasteiger partial charge in [-0.05, 0) is 18.2 Å². The summed E-state index contributed by atoms with van der Waals surface area (Å²) in [7, 11) is 1.56. The van der Waals surface area contributed by atoms with E-state index in [4.69, 9.17) is 22.1 Å². The van der Waals surface area contributed by atoms with Gasteiger partial charge in [0.05, 0.1) is 13.7 Å². The molecule has 1 fully saturated rings. The second kappa shape index (κ2) is 7.77. The molecule has 2 rings (SSSR count). The number of nitrogens with zero attached hydrogens (tertiary/aromatic N) is 2. The number of methoxy groups -OCH3 is 1. The summed E-state index contributed by atoms with van der Waals surface area (Å²) in [5.41, 5.74) is 6.59. The van der Waals surface area contributed by atoms with Gasteiger partial charge in [-0.1, -0.05) is 11.6 Å². The molecular weight excluding hydrogens is 310 g/mol. The topological polar surface area (TPSA) is 71.1 Å². The number of aliphatic imine (C=N–C) groups is 1. The fourth-order valence-electron chi connectivity index (χ4n) is 2.14. The number of aliphatic hydroxyl groups is 1. The molecular formula is C14H20ClN3O2S. The number of aliphatic hydroxyl groups excluding tert-OH is 1. The minimum atomic E-state index is -0.795. The standard InChI is InChI=1S/C14H20ClN3O2S/c1-20-13-3-2-10(15)8-11(13)12(19)9-17-14(16)18-4-6-21-7-5-18/h2-3,8,12,19H,4-7,9H2,1H3,(H2,16,17). The van der Waals surface area contributed by atoms with Crippen LogP contribution in [-0.4, -0.2) is 54.2 Å². The predicted molar refractivity (Wildman–Crippen MR) is 88.4 cm³/mol. The number of benzene rings is 1. The predicted octanol–water partition coefficient (Wildman–Crippen LogP) is 1.75. The van der Waals surface area contributed by atoms with Crippen molar-refractivity contribution in [3.05, 3.63) is 28.8 Å². The number of thioether (sulfide) groups is 1. The average molecular weight is 330 g/mol. The van der Waals surface area contributed by atoms with E-state index in [0.717, 1.165) is 24.6 Å². The Morgan fingerprint density at radius 2 is 2.24 bits per heavy atom. The van der Waals surface area contributed by atoms with Crippen LogP contribution in [0.5, 0.6) is 5.75 Å². The molecule has 1 aliphatic heterocycles. The first-order chi connectivity index (χ1) is 10.1. The fraction of sp³-hybridized carbons (Fsp3) is 0.500. The van der Waals surface area contributed by atoms with Gasteiger partial charge in [0.15, 0.2) is 5.96 Å². The highest BCUT2D eigenvalue weighted by Crippen LogP contribution is 2.28. The first-order valence-corrected chi connectivity index (χ1v) is 8.29. The van der Waals surface area contributed by atoms with Crippen LogP contribution in [0.25, 0.3) is 0 Å². The molecule has 0 radical (unpaired) electrons. The lowest BCUT2D eigenvalue weighted by Crippen LogP contribution is -2.42. The van der Waals surface area contributed by atoms with Crippen molar-refractivity contribution in [2.75, 3.05) is 38.2 Å². The molecule has 0 aliphatic carbocycles. The SMILES string of the molecule is COc1ccc(Cl)cc1C(O)CN=C(N)N1CCSCC1. The van der Waals surface area contributed by atoms with E-state index >= 15 is 0 Å². The lowest BCUT2D eigenvalue weighted by Gasteiger charge is -2.27. The minimum absolute atomic E-state index is 0.187.